The standard InChI is InChI=1S/C8H8F3N5S/c1-4-2-5(8(9,10)11)15-16(4)3-6-13-14-7(12)17-6/h2H,3H2,1H3,(H2,12,14). The van der Waals surface area contributed by atoms with E-state index in [9.17, 15) is 13.2 Å². The average Bonchev–Trinajstić information content (AvgIpc) is 2.74. The molecule has 0 spiro atoms. The van der Waals surface area contributed by atoms with Gasteiger partial charge in [0.15, 0.2) is 5.69 Å². The zero-order chi connectivity index (χ0) is 12.6. The van der Waals surface area contributed by atoms with E-state index in [0.29, 0.717) is 10.7 Å². The van der Waals surface area contributed by atoms with Crippen LogP contribution in [0.15, 0.2) is 6.07 Å². The van der Waals surface area contributed by atoms with Gasteiger partial charge in [-0.25, -0.2) is 0 Å². The first kappa shape index (κ1) is 11.8. The largest absolute Gasteiger partial charge is 0.435 e. The molecule has 0 unspecified atom stereocenters. The topological polar surface area (TPSA) is 69.6 Å². The van der Waals surface area contributed by atoms with Gasteiger partial charge >= 0.3 is 6.18 Å². The van der Waals surface area contributed by atoms with Gasteiger partial charge in [0, 0.05) is 5.69 Å². The lowest BCUT2D eigenvalue weighted by molar-refractivity contribution is -0.141. The molecule has 2 heterocycles. The van der Waals surface area contributed by atoms with Gasteiger partial charge in [-0.05, 0) is 13.0 Å². The summed E-state index contributed by atoms with van der Waals surface area (Å²) in [6, 6.07) is 0.990. The number of hydrogen-bond donors (Lipinski definition) is 1. The van der Waals surface area contributed by atoms with E-state index in [1.165, 1.54) is 4.68 Å². The van der Waals surface area contributed by atoms with Gasteiger partial charge in [-0.15, -0.1) is 10.2 Å². The zero-order valence-electron chi connectivity index (χ0n) is 8.69. The molecule has 0 amide bonds. The van der Waals surface area contributed by atoms with Crippen LogP contribution in [0.5, 0.6) is 0 Å². The molecule has 2 aromatic rings. The number of aromatic nitrogens is 4. The number of nitrogen functional groups attached to an aromatic ring is 1. The highest BCUT2D eigenvalue weighted by Crippen LogP contribution is 2.28. The van der Waals surface area contributed by atoms with Gasteiger partial charge in [-0.3, -0.25) is 4.68 Å². The number of nitrogens with zero attached hydrogens (tertiary/aromatic N) is 4. The Morgan fingerprint density at radius 2 is 2.12 bits per heavy atom. The number of rotatable bonds is 2. The van der Waals surface area contributed by atoms with Gasteiger partial charge in [0.25, 0.3) is 0 Å². The van der Waals surface area contributed by atoms with E-state index in [2.05, 4.69) is 15.3 Å². The van der Waals surface area contributed by atoms with Crippen LogP contribution < -0.4 is 5.73 Å². The number of nitrogens with two attached hydrogens (primary N) is 1. The molecule has 0 atom stereocenters. The molecule has 0 saturated heterocycles. The van der Waals surface area contributed by atoms with Gasteiger partial charge < -0.3 is 5.73 Å². The van der Waals surface area contributed by atoms with Crippen LogP contribution in [0.1, 0.15) is 16.4 Å². The van der Waals surface area contributed by atoms with Crippen LogP contribution in [0, 0.1) is 6.92 Å². The number of halogens is 3. The Balaban J connectivity index is 2.25. The highest BCUT2D eigenvalue weighted by molar-refractivity contribution is 7.15. The molecule has 0 saturated carbocycles. The Kier molecular flexibility index (Phi) is 2.77. The van der Waals surface area contributed by atoms with Gasteiger partial charge in [-0.1, -0.05) is 11.3 Å². The molecular formula is C8H8F3N5S. The first-order valence-electron chi connectivity index (χ1n) is 4.56. The van der Waals surface area contributed by atoms with E-state index in [1.54, 1.807) is 6.92 Å². The molecule has 9 heteroatoms. The molecule has 2 aromatic heterocycles. The summed E-state index contributed by atoms with van der Waals surface area (Å²) in [5.74, 6) is 0. The second kappa shape index (κ2) is 3.99. The van der Waals surface area contributed by atoms with Crippen LogP contribution in [-0.2, 0) is 12.7 Å². The van der Waals surface area contributed by atoms with Crippen LogP contribution >= 0.6 is 11.3 Å². The summed E-state index contributed by atoms with van der Waals surface area (Å²) in [4.78, 5) is 0. The number of aryl methyl sites for hydroxylation is 1. The van der Waals surface area contributed by atoms with Crippen LogP contribution in [0.25, 0.3) is 0 Å². The summed E-state index contributed by atoms with van der Waals surface area (Å²) in [7, 11) is 0. The van der Waals surface area contributed by atoms with Crippen molar-refractivity contribution in [3.8, 4) is 0 Å². The molecule has 5 nitrogen and oxygen atoms in total. The summed E-state index contributed by atoms with van der Waals surface area (Å²) < 4.78 is 38.4. The Morgan fingerprint density at radius 3 is 2.59 bits per heavy atom. The van der Waals surface area contributed by atoms with Crippen molar-refractivity contribution in [1.29, 1.82) is 0 Å². The highest BCUT2D eigenvalue weighted by atomic mass is 32.1. The van der Waals surface area contributed by atoms with Crippen LogP contribution in [0.3, 0.4) is 0 Å². The monoisotopic (exact) mass is 263 g/mol. The predicted octanol–water partition coefficient (Wildman–Crippen LogP) is 1.69. The highest BCUT2D eigenvalue weighted by Gasteiger charge is 2.34. The molecule has 2 rings (SSSR count). The van der Waals surface area contributed by atoms with E-state index in [0.717, 1.165) is 17.4 Å². The molecule has 0 aromatic carbocycles. The van der Waals surface area contributed by atoms with Gasteiger partial charge in [0.1, 0.15) is 5.01 Å². The van der Waals surface area contributed by atoms with Crippen molar-refractivity contribution in [3.63, 3.8) is 0 Å². The van der Waals surface area contributed by atoms with E-state index < -0.39 is 11.9 Å². The minimum Gasteiger partial charge on any atom is -0.374 e. The van der Waals surface area contributed by atoms with E-state index >= 15 is 0 Å². The molecule has 17 heavy (non-hydrogen) atoms. The van der Waals surface area contributed by atoms with Crippen LogP contribution in [0.2, 0.25) is 0 Å². The van der Waals surface area contributed by atoms with Gasteiger partial charge in [0.2, 0.25) is 5.13 Å². The second-order valence-corrected chi connectivity index (χ2v) is 4.45. The number of alkyl halides is 3. The molecule has 0 aliphatic carbocycles. The maximum Gasteiger partial charge on any atom is 0.435 e. The van der Waals surface area contributed by atoms with Gasteiger partial charge in [-0.2, -0.15) is 18.3 Å². The maximum absolute atomic E-state index is 12.4. The minimum absolute atomic E-state index is 0.136. The summed E-state index contributed by atoms with van der Waals surface area (Å²) in [5.41, 5.74) is 4.88. The minimum atomic E-state index is -4.43. The second-order valence-electron chi connectivity index (χ2n) is 3.36. The van der Waals surface area contributed by atoms with E-state index in [1.807, 2.05) is 0 Å². The molecule has 92 valence electrons. The third kappa shape index (κ3) is 2.54. The first-order chi connectivity index (χ1) is 7.86. The van der Waals surface area contributed by atoms with Crippen molar-refractivity contribution in [1.82, 2.24) is 20.0 Å². The molecule has 0 aliphatic rings. The molecule has 0 radical (unpaired) electrons. The third-order valence-corrected chi connectivity index (χ3v) is 2.78. The molecular weight excluding hydrogens is 255 g/mol. The predicted molar refractivity (Wildman–Crippen MR) is 55.4 cm³/mol. The normalized spacial score (nSPS) is 12.0. The zero-order valence-corrected chi connectivity index (χ0v) is 9.51. The lowest BCUT2D eigenvalue weighted by atomic mass is 10.4. The van der Waals surface area contributed by atoms with E-state index in [4.69, 9.17) is 5.73 Å². The molecule has 0 bridgehead atoms. The molecule has 0 fully saturated rings. The van der Waals surface area contributed by atoms with E-state index in [-0.39, 0.29) is 11.7 Å². The smallest absolute Gasteiger partial charge is 0.374 e. The first-order valence-corrected chi connectivity index (χ1v) is 5.37. The quantitative estimate of drug-likeness (QED) is 0.895. The van der Waals surface area contributed by atoms with Crippen molar-refractivity contribution in [3.05, 3.63) is 22.5 Å². The van der Waals surface area contributed by atoms with Crippen LogP contribution in [0.4, 0.5) is 18.3 Å². The summed E-state index contributed by atoms with van der Waals surface area (Å²) in [6.45, 7) is 1.68. The fraction of sp³-hybridized carbons (Fsp3) is 0.375. The maximum atomic E-state index is 12.4. The summed E-state index contributed by atoms with van der Waals surface area (Å²) in [5, 5.41) is 11.6. The third-order valence-electron chi connectivity index (χ3n) is 2.04. The lowest BCUT2D eigenvalue weighted by Crippen LogP contribution is -2.09. The summed E-state index contributed by atoms with van der Waals surface area (Å²) >= 11 is 1.12. The lowest BCUT2D eigenvalue weighted by Gasteiger charge is -2.01. The van der Waals surface area contributed by atoms with Crippen molar-refractivity contribution >= 4 is 16.5 Å². The van der Waals surface area contributed by atoms with Crippen molar-refractivity contribution < 1.29 is 13.2 Å². The Labute approximate surface area is 98.1 Å². The Morgan fingerprint density at radius 1 is 1.41 bits per heavy atom. The van der Waals surface area contributed by atoms with Crippen LogP contribution in [-0.4, -0.2) is 20.0 Å². The van der Waals surface area contributed by atoms with Gasteiger partial charge in [0.05, 0.1) is 6.54 Å². The fourth-order valence-corrected chi connectivity index (χ4v) is 1.86. The van der Waals surface area contributed by atoms with Crippen molar-refractivity contribution in [2.45, 2.75) is 19.6 Å². The number of hydrogen-bond acceptors (Lipinski definition) is 5. The fourth-order valence-electron chi connectivity index (χ4n) is 1.27. The number of anilines is 1. The van der Waals surface area contributed by atoms with Crippen molar-refractivity contribution in [2.24, 2.45) is 0 Å². The molecule has 0 aliphatic heterocycles. The average molecular weight is 263 g/mol. The molecule has 2 N–H and O–H groups in total. The SMILES string of the molecule is Cc1cc(C(F)(F)F)nn1Cc1nnc(N)s1. The Hall–Kier alpha value is -1.64. The Bertz CT molecular complexity index is 529. The van der Waals surface area contributed by atoms with Crippen molar-refractivity contribution in [2.75, 3.05) is 5.73 Å². The summed E-state index contributed by atoms with van der Waals surface area (Å²) in [6.07, 6.45) is -4.43.